The molecule has 0 fully saturated rings. The molecule has 26 heavy (non-hydrogen) atoms. The van der Waals surface area contributed by atoms with Crippen LogP contribution in [0, 0.1) is 10.1 Å². The highest BCUT2D eigenvalue weighted by molar-refractivity contribution is 5.95. The lowest BCUT2D eigenvalue weighted by molar-refractivity contribution is -0.384. The summed E-state index contributed by atoms with van der Waals surface area (Å²) in [6, 6.07) is 11.4. The number of non-ortho nitro benzene ring substituents is 1. The van der Waals surface area contributed by atoms with Gasteiger partial charge in [-0.15, -0.1) is 0 Å². The molecule has 2 N–H and O–H groups in total. The molecule has 1 heterocycles. The van der Waals surface area contributed by atoms with E-state index in [4.69, 9.17) is 0 Å². The van der Waals surface area contributed by atoms with E-state index >= 15 is 0 Å². The largest absolute Gasteiger partial charge is 0.378 e. The van der Waals surface area contributed by atoms with Gasteiger partial charge in [-0.05, 0) is 31.2 Å². The first-order valence-electron chi connectivity index (χ1n) is 8.07. The molecule has 3 aromatic rings. The number of H-pyrrole nitrogens is 1. The third kappa shape index (κ3) is 3.49. The summed E-state index contributed by atoms with van der Waals surface area (Å²) >= 11 is 0. The second-order valence-corrected chi connectivity index (χ2v) is 6.22. The molecule has 0 saturated heterocycles. The highest BCUT2D eigenvalue weighted by Crippen LogP contribution is 2.21. The quantitative estimate of drug-likeness (QED) is 0.542. The van der Waals surface area contributed by atoms with E-state index in [9.17, 15) is 14.9 Å². The fourth-order valence-corrected chi connectivity index (χ4v) is 2.61. The summed E-state index contributed by atoms with van der Waals surface area (Å²) in [5.74, 6) is 0.324. The van der Waals surface area contributed by atoms with Crippen molar-refractivity contribution in [2.24, 2.45) is 0 Å². The minimum Gasteiger partial charge on any atom is -0.378 e. The van der Waals surface area contributed by atoms with Gasteiger partial charge in [0.15, 0.2) is 0 Å². The third-order valence-corrected chi connectivity index (χ3v) is 4.08. The Morgan fingerprint density at radius 3 is 2.73 bits per heavy atom. The zero-order chi connectivity index (χ0) is 18.8. The average Bonchev–Trinajstić information content (AvgIpc) is 3.05. The lowest BCUT2D eigenvalue weighted by atomic mass is 10.1. The summed E-state index contributed by atoms with van der Waals surface area (Å²) in [6.07, 6.45) is 0. The molecule has 2 aromatic carbocycles. The Bertz CT molecular complexity index is 980. The van der Waals surface area contributed by atoms with E-state index in [1.807, 2.05) is 37.2 Å². The molecule has 0 aliphatic rings. The number of benzene rings is 2. The van der Waals surface area contributed by atoms with Crippen LogP contribution in [0.15, 0.2) is 42.5 Å². The first-order valence-corrected chi connectivity index (χ1v) is 8.07. The number of carbonyl (C=O) groups excluding carboxylic acids is 1. The maximum Gasteiger partial charge on any atom is 0.271 e. The predicted octanol–water partition coefficient (Wildman–Crippen LogP) is 3.03. The van der Waals surface area contributed by atoms with E-state index < -0.39 is 4.92 Å². The van der Waals surface area contributed by atoms with Crippen molar-refractivity contribution in [3.63, 3.8) is 0 Å². The molecule has 1 atom stereocenters. The van der Waals surface area contributed by atoms with Crippen LogP contribution in [0.3, 0.4) is 0 Å². The number of nitro groups is 1. The highest BCUT2D eigenvalue weighted by atomic mass is 16.6. The van der Waals surface area contributed by atoms with Gasteiger partial charge in [0, 0.05) is 37.5 Å². The maximum atomic E-state index is 12.5. The zero-order valence-corrected chi connectivity index (χ0v) is 14.7. The van der Waals surface area contributed by atoms with Gasteiger partial charge in [0.1, 0.15) is 5.82 Å². The molecule has 8 heteroatoms. The van der Waals surface area contributed by atoms with E-state index in [1.54, 1.807) is 19.1 Å². The molecule has 0 radical (unpaired) electrons. The summed E-state index contributed by atoms with van der Waals surface area (Å²) in [7, 11) is 3.82. The SMILES string of the molecule is CC(NC(=O)c1cccc(N(C)C)c1)c1nc2ccc([N+](=O)[O-])cc2[nH]1. The van der Waals surface area contributed by atoms with Gasteiger partial charge in [0.2, 0.25) is 0 Å². The van der Waals surface area contributed by atoms with E-state index in [0.29, 0.717) is 22.4 Å². The average molecular weight is 353 g/mol. The van der Waals surface area contributed by atoms with E-state index in [-0.39, 0.29) is 17.6 Å². The van der Waals surface area contributed by atoms with Crippen LogP contribution >= 0.6 is 0 Å². The van der Waals surface area contributed by atoms with Crippen molar-refractivity contribution < 1.29 is 9.72 Å². The molecule has 0 bridgehead atoms. The molecule has 1 aromatic heterocycles. The number of aromatic amines is 1. The zero-order valence-electron chi connectivity index (χ0n) is 14.7. The molecule has 0 aliphatic carbocycles. The van der Waals surface area contributed by atoms with Gasteiger partial charge in [0.05, 0.1) is 22.0 Å². The standard InChI is InChI=1S/C18H19N5O3/c1-11(19-18(24)12-5-4-6-13(9-12)22(2)3)17-20-15-8-7-14(23(25)26)10-16(15)21-17/h4-11H,1-3H3,(H,19,24)(H,20,21). The summed E-state index contributed by atoms with van der Waals surface area (Å²) in [5, 5.41) is 13.8. The lowest BCUT2D eigenvalue weighted by Crippen LogP contribution is -2.27. The van der Waals surface area contributed by atoms with Crippen molar-refractivity contribution in [1.82, 2.24) is 15.3 Å². The number of amides is 1. The number of aromatic nitrogens is 2. The van der Waals surface area contributed by atoms with Crippen LogP contribution in [0.1, 0.15) is 29.1 Å². The molecule has 1 unspecified atom stereocenters. The number of nitrogens with one attached hydrogen (secondary N) is 2. The minimum absolute atomic E-state index is 0.00936. The monoisotopic (exact) mass is 353 g/mol. The number of anilines is 1. The predicted molar refractivity (Wildman–Crippen MR) is 99.4 cm³/mol. The Morgan fingerprint density at radius 1 is 1.27 bits per heavy atom. The Kier molecular flexibility index (Phi) is 4.57. The van der Waals surface area contributed by atoms with Gasteiger partial charge in [-0.1, -0.05) is 6.07 Å². The molecular weight excluding hydrogens is 334 g/mol. The molecule has 134 valence electrons. The first kappa shape index (κ1) is 17.4. The Labute approximate surface area is 150 Å². The van der Waals surface area contributed by atoms with Gasteiger partial charge >= 0.3 is 0 Å². The second kappa shape index (κ2) is 6.83. The molecule has 0 aliphatic heterocycles. The summed E-state index contributed by atoms with van der Waals surface area (Å²) < 4.78 is 0. The molecule has 0 spiro atoms. The van der Waals surface area contributed by atoms with Crippen LogP contribution in [-0.2, 0) is 0 Å². The number of rotatable bonds is 5. The Hall–Kier alpha value is -3.42. The van der Waals surface area contributed by atoms with Crippen LogP contribution in [0.5, 0.6) is 0 Å². The van der Waals surface area contributed by atoms with E-state index in [1.165, 1.54) is 12.1 Å². The van der Waals surface area contributed by atoms with Crippen molar-refractivity contribution >= 4 is 28.3 Å². The van der Waals surface area contributed by atoms with Crippen molar-refractivity contribution in [2.45, 2.75) is 13.0 Å². The number of nitro benzene ring substituents is 1. The maximum absolute atomic E-state index is 12.5. The van der Waals surface area contributed by atoms with Crippen molar-refractivity contribution in [3.05, 3.63) is 64.0 Å². The van der Waals surface area contributed by atoms with E-state index in [2.05, 4.69) is 15.3 Å². The number of nitrogens with zero attached hydrogens (tertiary/aromatic N) is 3. The van der Waals surface area contributed by atoms with Crippen molar-refractivity contribution in [3.8, 4) is 0 Å². The third-order valence-electron chi connectivity index (χ3n) is 4.08. The molecule has 3 rings (SSSR count). The van der Waals surface area contributed by atoms with Crippen LogP contribution < -0.4 is 10.2 Å². The van der Waals surface area contributed by atoms with Crippen LogP contribution in [0.25, 0.3) is 11.0 Å². The summed E-state index contributed by atoms with van der Waals surface area (Å²) in [5.41, 5.74) is 2.65. The van der Waals surface area contributed by atoms with Crippen LogP contribution in [-0.4, -0.2) is 34.9 Å². The fraction of sp³-hybridized carbons (Fsp3) is 0.222. The number of imidazole rings is 1. The smallest absolute Gasteiger partial charge is 0.271 e. The van der Waals surface area contributed by atoms with Crippen LogP contribution in [0.4, 0.5) is 11.4 Å². The summed E-state index contributed by atoms with van der Waals surface area (Å²) in [4.78, 5) is 32.3. The number of hydrogen-bond donors (Lipinski definition) is 2. The molecule has 0 saturated carbocycles. The van der Waals surface area contributed by atoms with E-state index in [0.717, 1.165) is 5.69 Å². The van der Waals surface area contributed by atoms with Crippen molar-refractivity contribution in [2.75, 3.05) is 19.0 Å². The molecule has 1 amide bonds. The van der Waals surface area contributed by atoms with Crippen LogP contribution in [0.2, 0.25) is 0 Å². The minimum atomic E-state index is -0.455. The first-order chi connectivity index (χ1) is 12.3. The number of carbonyl (C=O) groups is 1. The van der Waals surface area contributed by atoms with Gasteiger partial charge in [-0.2, -0.15) is 0 Å². The van der Waals surface area contributed by atoms with Gasteiger partial charge in [-0.3, -0.25) is 14.9 Å². The highest BCUT2D eigenvalue weighted by Gasteiger charge is 2.16. The lowest BCUT2D eigenvalue weighted by Gasteiger charge is -2.15. The Balaban J connectivity index is 1.80. The number of hydrogen-bond acceptors (Lipinski definition) is 5. The topological polar surface area (TPSA) is 104 Å². The van der Waals surface area contributed by atoms with Gasteiger partial charge in [0.25, 0.3) is 11.6 Å². The van der Waals surface area contributed by atoms with Crippen molar-refractivity contribution in [1.29, 1.82) is 0 Å². The van der Waals surface area contributed by atoms with Gasteiger partial charge in [-0.25, -0.2) is 4.98 Å². The molecule has 8 nitrogen and oxygen atoms in total. The van der Waals surface area contributed by atoms with Gasteiger partial charge < -0.3 is 15.2 Å². The molecular formula is C18H19N5O3. The number of fused-ring (bicyclic) bond motifs is 1. The summed E-state index contributed by atoms with van der Waals surface area (Å²) in [6.45, 7) is 1.81. The fourth-order valence-electron chi connectivity index (χ4n) is 2.61. The Morgan fingerprint density at radius 2 is 2.04 bits per heavy atom. The second-order valence-electron chi connectivity index (χ2n) is 6.22. The normalized spacial score (nSPS) is 12.0.